The van der Waals surface area contributed by atoms with Gasteiger partial charge in [0.1, 0.15) is 22.3 Å². The predicted octanol–water partition coefficient (Wildman–Crippen LogP) is 4.62. The molecule has 0 unspecified atom stereocenters. The first-order valence-corrected chi connectivity index (χ1v) is 9.27. The molecule has 2 heterocycles. The highest BCUT2D eigenvalue weighted by molar-refractivity contribution is 7.16. The molecule has 1 aliphatic carbocycles. The minimum Gasteiger partial charge on any atom is -0.359 e. The standard InChI is InChI=1S/C19H18FN5S/c1-12(21)16-11-22-18(26-16)15-7-8-17(25-24-15)23-19(9-2-10-19)13-3-5-14(20)6-4-13/h3-8,11,21H,2,9-10H2,1H3,(H,23,25). The number of anilines is 1. The molecule has 1 saturated carbocycles. The van der Waals surface area contributed by atoms with E-state index < -0.39 is 0 Å². The quantitative estimate of drug-likeness (QED) is 0.645. The van der Waals surface area contributed by atoms with Crippen LogP contribution in [0.5, 0.6) is 0 Å². The van der Waals surface area contributed by atoms with Crippen molar-refractivity contribution in [3.8, 4) is 10.7 Å². The first-order chi connectivity index (χ1) is 12.6. The molecule has 0 amide bonds. The molecule has 1 fully saturated rings. The van der Waals surface area contributed by atoms with Crippen LogP contribution in [0.2, 0.25) is 0 Å². The maximum atomic E-state index is 13.2. The fourth-order valence-electron chi connectivity index (χ4n) is 3.11. The van der Waals surface area contributed by atoms with E-state index in [1.54, 1.807) is 13.1 Å². The number of hydrogen-bond acceptors (Lipinski definition) is 6. The molecule has 0 saturated heterocycles. The van der Waals surface area contributed by atoms with Crippen LogP contribution < -0.4 is 5.32 Å². The van der Waals surface area contributed by atoms with Crippen LogP contribution in [-0.4, -0.2) is 20.9 Å². The van der Waals surface area contributed by atoms with Crippen LogP contribution in [0.4, 0.5) is 10.2 Å². The van der Waals surface area contributed by atoms with E-state index >= 15 is 0 Å². The second-order valence-corrected chi connectivity index (χ2v) is 7.56. The summed E-state index contributed by atoms with van der Waals surface area (Å²) in [5.74, 6) is 0.466. The minimum absolute atomic E-state index is 0.199. The summed E-state index contributed by atoms with van der Waals surface area (Å²) in [6, 6.07) is 10.4. The van der Waals surface area contributed by atoms with Gasteiger partial charge in [-0.15, -0.1) is 21.5 Å². The zero-order valence-electron chi connectivity index (χ0n) is 14.3. The molecule has 0 radical (unpaired) electrons. The average molecular weight is 367 g/mol. The SMILES string of the molecule is CC(=N)c1cnc(-c2ccc(NC3(c4ccc(F)cc4)CCC3)nn2)s1. The molecule has 0 bridgehead atoms. The summed E-state index contributed by atoms with van der Waals surface area (Å²) in [6.07, 6.45) is 4.78. The topological polar surface area (TPSA) is 74.6 Å². The van der Waals surface area contributed by atoms with Crippen molar-refractivity contribution in [2.75, 3.05) is 5.32 Å². The van der Waals surface area contributed by atoms with Gasteiger partial charge in [0.05, 0.1) is 10.4 Å². The van der Waals surface area contributed by atoms with Crippen LogP contribution in [0.1, 0.15) is 36.6 Å². The Morgan fingerprint density at radius 2 is 1.92 bits per heavy atom. The van der Waals surface area contributed by atoms with Gasteiger partial charge in [-0.25, -0.2) is 9.37 Å². The van der Waals surface area contributed by atoms with Gasteiger partial charge in [-0.2, -0.15) is 0 Å². The summed E-state index contributed by atoms with van der Waals surface area (Å²) in [5, 5.41) is 20.5. The van der Waals surface area contributed by atoms with Gasteiger partial charge in [-0.3, -0.25) is 0 Å². The van der Waals surface area contributed by atoms with Crippen molar-refractivity contribution in [3.05, 3.63) is 58.9 Å². The third-order valence-corrected chi connectivity index (χ3v) is 5.87. The number of thiazole rings is 1. The molecule has 0 spiro atoms. The Hall–Kier alpha value is -2.67. The first kappa shape index (κ1) is 16.8. The molecule has 2 aromatic heterocycles. The van der Waals surface area contributed by atoms with Crippen LogP contribution in [-0.2, 0) is 5.54 Å². The van der Waals surface area contributed by atoms with Crippen LogP contribution >= 0.6 is 11.3 Å². The predicted molar refractivity (Wildman–Crippen MR) is 101 cm³/mol. The number of nitrogens with zero attached hydrogens (tertiary/aromatic N) is 3. The fraction of sp³-hybridized carbons (Fsp3) is 0.263. The van der Waals surface area contributed by atoms with Crippen LogP contribution in [0.15, 0.2) is 42.6 Å². The second kappa shape index (κ2) is 6.57. The molecule has 1 aromatic carbocycles. The van der Waals surface area contributed by atoms with Crippen LogP contribution in [0.3, 0.4) is 0 Å². The summed E-state index contributed by atoms with van der Waals surface area (Å²) < 4.78 is 13.2. The Bertz CT molecular complexity index is 929. The van der Waals surface area contributed by atoms with Crippen molar-refractivity contribution in [1.29, 1.82) is 5.41 Å². The molecule has 0 atom stereocenters. The smallest absolute Gasteiger partial charge is 0.149 e. The van der Waals surface area contributed by atoms with Crippen molar-refractivity contribution in [1.82, 2.24) is 15.2 Å². The van der Waals surface area contributed by atoms with Gasteiger partial charge in [-0.05, 0) is 56.0 Å². The summed E-state index contributed by atoms with van der Waals surface area (Å²) in [6.45, 7) is 1.74. The maximum Gasteiger partial charge on any atom is 0.149 e. The van der Waals surface area contributed by atoms with E-state index in [2.05, 4.69) is 20.5 Å². The Kier molecular flexibility index (Phi) is 4.24. The lowest BCUT2D eigenvalue weighted by Gasteiger charge is -2.43. The molecular weight excluding hydrogens is 349 g/mol. The highest BCUT2D eigenvalue weighted by Crippen LogP contribution is 2.43. The second-order valence-electron chi connectivity index (χ2n) is 6.53. The fourth-order valence-corrected chi connectivity index (χ4v) is 3.89. The van der Waals surface area contributed by atoms with Gasteiger partial charge in [0, 0.05) is 11.9 Å². The van der Waals surface area contributed by atoms with Gasteiger partial charge in [0.25, 0.3) is 0 Å². The highest BCUT2D eigenvalue weighted by atomic mass is 32.1. The van der Waals surface area contributed by atoms with Crippen LogP contribution in [0.25, 0.3) is 10.7 Å². The van der Waals surface area contributed by atoms with E-state index in [0.29, 0.717) is 17.2 Å². The number of nitrogens with one attached hydrogen (secondary N) is 2. The Labute approximate surface area is 154 Å². The van der Waals surface area contributed by atoms with Gasteiger partial charge < -0.3 is 10.7 Å². The number of aromatic nitrogens is 3. The molecule has 3 aromatic rings. The molecule has 26 heavy (non-hydrogen) atoms. The normalized spacial score (nSPS) is 15.3. The van der Waals surface area contributed by atoms with Gasteiger partial charge in [0.15, 0.2) is 0 Å². The molecule has 2 N–H and O–H groups in total. The van der Waals surface area contributed by atoms with Gasteiger partial charge in [-0.1, -0.05) is 12.1 Å². The molecule has 7 heteroatoms. The Balaban J connectivity index is 1.54. The summed E-state index contributed by atoms with van der Waals surface area (Å²) in [4.78, 5) is 5.14. The number of halogens is 1. The van der Waals surface area contributed by atoms with E-state index in [1.165, 1.54) is 23.5 Å². The maximum absolute atomic E-state index is 13.2. The number of rotatable bonds is 5. The van der Waals surface area contributed by atoms with Gasteiger partial charge >= 0.3 is 0 Å². The van der Waals surface area contributed by atoms with E-state index in [1.807, 2.05) is 24.3 Å². The van der Waals surface area contributed by atoms with E-state index in [-0.39, 0.29) is 11.4 Å². The number of hydrogen-bond donors (Lipinski definition) is 2. The van der Waals surface area contributed by atoms with Gasteiger partial charge in [0.2, 0.25) is 0 Å². The van der Waals surface area contributed by atoms with Crippen molar-refractivity contribution in [2.24, 2.45) is 0 Å². The molecule has 0 aliphatic heterocycles. The zero-order valence-corrected chi connectivity index (χ0v) is 15.1. The lowest BCUT2D eigenvalue weighted by atomic mass is 9.72. The number of benzene rings is 1. The molecule has 4 rings (SSSR count). The first-order valence-electron chi connectivity index (χ1n) is 8.45. The average Bonchev–Trinajstić information content (AvgIpc) is 3.10. The lowest BCUT2D eigenvalue weighted by molar-refractivity contribution is 0.283. The third kappa shape index (κ3) is 3.10. The molecule has 1 aliphatic rings. The van der Waals surface area contributed by atoms with E-state index in [4.69, 9.17) is 5.41 Å². The summed E-state index contributed by atoms with van der Waals surface area (Å²) in [5.41, 5.74) is 2.06. The largest absolute Gasteiger partial charge is 0.359 e. The van der Waals surface area contributed by atoms with Crippen molar-refractivity contribution in [2.45, 2.75) is 31.7 Å². The zero-order chi connectivity index (χ0) is 18.1. The summed E-state index contributed by atoms with van der Waals surface area (Å²) in [7, 11) is 0. The minimum atomic E-state index is -0.227. The lowest BCUT2D eigenvalue weighted by Crippen LogP contribution is -2.42. The third-order valence-electron chi connectivity index (χ3n) is 4.73. The molecule has 132 valence electrons. The summed E-state index contributed by atoms with van der Waals surface area (Å²) >= 11 is 1.43. The molecule has 5 nitrogen and oxygen atoms in total. The van der Waals surface area contributed by atoms with Crippen molar-refractivity contribution < 1.29 is 4.39 Å². The Morgan fingerprint density at radius 1 is 1.15 bits per heavy atom. The van der Waals surface area contributed by atoms with Crippen LogP contribution in [0, 0.1) is 11.2 Å². The van der Waals surface area contributed by atoms with E-state index in [9.17, 15) is 4.39 Å². The van der Waals surface area contributed by atoms with Crippen molar-refractivity contribution in [3.63, 3.8) is 0 Å². The van der Waals surface area contributed by atoms with E-state index in [0.717, 1.165) is 34.7 Å². The van der Waals surface area contributed by atoms with Crippen molar-refractivity contribution >= 4 is 22.9 Å². The highest BCUT2D eigenvalue weighted by Gasteiger charge is 2.39. The monoisotopic (exact) mass is 367 g/mol. The molecular formula is C19H18FN5S. The Morgan fingerprint density at radius 3 is 2.46 bits per heavy atom.